The zero-order valence-electron chi connectivity index (χ0n) is 15.3. The van der Waals surface area contributed by atoms with E-state index in [9.17, 15) is 4.79 Å². The lowest BCUT2D eigenvalue weighted by atomic mass is 9.84. The van der Waals surface area contributed by atoms with Crippen molar-refractivity contribution in [1.82, 2.24) is 4.90 Å². The van der Waals surface area contributed by atoms with Crippen LogP contribution in [0.2, 0.25) is 0 Å². The minimum atomic E-state index is 0.00237. The van der Waals surface area contributed by atoms with Gasteiger partial charge in [0.1, 0.15) is 0 Å². The van der Waals surface area contributed by atoms with Gasteiger partial charge in [0.2, 0.25) is 0 Å². The summed E-state index contributed by atoms with van der Waals surface area (Å²) in [7, 11) is 3.59. The second-order valence-electron chi connectivity index (χ2n) is 7.18. The first-order valence-electron chi connectivity index (χ1n) is 9.28. The van der Waals surface area contributed by atoms with E-state index in [1.807, 2.05) is 35.2 Å². The zero-order valence-corrected chi connectivity index (χ0v) is 15.3. The zero-order chi connectivity index (χ0) is 17.6. The number of nitrogens with zero attached hydrogens (tertiary/aromatic N) is 2. The van der Waals surface area contributed by atoms with E-state index in [2.05, 4.69) is 24.3 Å². The molecule has 0 N–H and O–H groups in total. The molecule has 1 aliphatic carbocycles. The maximum Gasteiger partial charge on any atom is 0.324 e. The van der Waals surface area contributed by atoms with Gasteiger partial charge < -0.3 is 4.90 Å². The van der Waals surface area contributed by atoms with E-state index in [4.69, 9.17) is 0 Å². The molecule has 0 unspecified atom stereocenters. The molecule has 1 fully saturated rings. The van der Waals surface area contributed by atoms with Gasteiger partial charge in [-0.1, -0.05) is 61.7 Å². The van der Waals surface area contributed by atoms with Gasteiger partial charge in [-0.3, -0.25) is 4.90 Å². The van der Waals surface area contributed by atoms with Crippen LogP contribution in [0.1, 0.15) is 49.1 Å². The predicted octanol–water partition coefficient (Wildman–Crippen LogP) is 5.42. The Morgan fingerprint density at radius 3 is 2.16 bits per heavy atom. The van der Waals surface area contributed by atoms with Gasteiger partial charge >= 0.3 is 6.03 Å². The highest BCUT2D eigenvalue weighted by atomic mass is 16.2. The fraction of sp³-hybridized carbons (Fsp3) is 0.409. The number of urea groups is 1. The van der Waals surface area contributed by atoms with E-state index in [1.165, 1.54) is 43.2 Å². The van der Waals surface area contributed by atoms with Crippen molar-refractivity contribution in [2.75, 3.05) is 19.0 Å². The highest BCUT2D eigenvalue weighted by Gasteiger charge is 2.19. The number of hydrogen-bond acceptors (Lipinski definition) is 1. The van der Waals surface area contributed by atoms with E-state index in [0.29, 0.717) is 6.54 Å². The van der Waals surface area contributed by atoms with Crippen molar-refractivity contribution >= 4 is 11.7 Å². The lowest BCUT2D eigenvalue weighted by Gasteiger charge is -2.27. The van der Waals surface area contributed by atoms with Crippen molar-refractivity contribution < 1.29 is 4.79 Å². The molecule has 0 bridgehead atoms. The molecule has 0 radical (unpaired) electrons. The Morgan fingerprint density at radius 2 is 1.56 bits per heavy atom. The summed E-state index contributed by atoms with van der Waals surface area (Å²) in [5.74, 6) is 0.719. The van der Waals surface area contributed by atoms with Crippen LogP contribution >= 0.6 is 0 Å². The Hall–Kier alpha value is -2.29. The highest BCUT2D eigenvalue weighted by molar-refractivity contribution is 5.91. The first-order valence-corrected chi connectivity index (χ1v) is 9.28. The summed E-state index contributed by atoms with van der Waals surface area (Å²) >= 11 is 0. The average molecular weight is 336 g/mol. The summed E-state index contributed by atoms with van der Waals surface area (Å²) in [6.07, 6.45) is 6.72. The van der Waals surface area contributed by atoms with Crippen LogP contribution in [-0.4, -0.2) is 25.0 Å². The highest BCUT2D eigenvalue weighted by Crippen LogP contribution is 2.32. The molecular formula is C22H28N2O. The van der Waals surface area contributed by atoms with Gasteiger partial charge in [-0.15, -0.1) is 0 Å². The van der Waals surface area contributed by atoms with E-state index in [1.54, 1.807) is 19.0 Å². The van der Waals surface area contributed by atoms with Crippen LogP contribution in [0.15, 0.2) is 54.6 Å². The number of benzene rings is 2. The quantitative estimate of drug-likeness (QED) is 0.731. The Morgan fingerprint density at radius 1 is 0.920 bits per heavy atom. The predicted molar refractivity (Wildman–Crippen MR) is 104 cm³/mol. The maximum absolute atomic E-state index is 12.6. The van der Waals surface area contributed by atoms with E-state index < -0.39 is 0 Å². The SMILES string of the molecule is CN(C)C(=O)N(Cc1ccc(C2CCCCC2)cc1)c1ccccc1. The summed E-state index contributed by atoms with van der Waals surface area (Å²) in [6, 6.07) is 18.8. The third-order valence-corrected chi connectivity index (χ3v) is 5.08. The molecule has 0 aliphatic heterocycles. The van der Waals surface area contributed by atoms with Gasteiger partial charge in [-0.25, -0.2) is 4.79 Å². The summed E-state index contributed by atoms with van der Waals surface area (Å²) < 4.78 is 0. The van der Waals surface area contributed by atoms with Crippen LogP contribution < -0.4 is 4.90 Å². The lowest BCUT2D eigenvalue weighted by molar-refractivity contribution is 0.223. The monoisotopic (exact) mass is 336 g/mol. The van der Waals surface area contributed by atoms with Crippen molar-refractivity contribution in [3.05, 3.63) is 65.7 Å². The molecule has 3 nitrogen and oxygen atoms in total. The van der Waals surface area contributed by atoms with Crippen LogP contribution in [0.3, 0.4) is 0 Å². The normalized spacial score (nSPS) is 15.0. The second kappa shape index (κ2) is 8.19. The van der Waals surface area contributed by atoms with Gasteiger partial charge in [0.05, 0.1) is 6.54 Å². The molecule has 3 rings (SSSR count). The molecule has 1 aliphatic rings. The second-order valence-corrected chi connectivity index (χ2v) is 7.18. The average Bonchev–Trinajstić information content (AvgIpc) is 2.67. The lowest BCUT2D eigenvalue weighted by Crippen LogP contribution is -2.38. The topological polar surface area (TPSA) is 23.6 Å². The molecule has 2 aromatic carbocycles. The minimum Gasteiger partial charge on any atom is -0.330 e. The molecule has 25 heavy (non-hydrogen) atoms. The molecule has 0 heterocycles. The molecule has 0 aromatic heterocycles. The third-order valence-electron chi connectivity index (χ3n) is 5.08. The molecule has 132 valence electrons. The molecule has 1 saturated carbocycles. The van der Waals surface area contributed by atoms with Crippen molar-refractivity contribution in [3.8, 4) is 0 Å². The van der Waals surface area contributed by atoms with Gasteiger partial charge in [0.15, 0.2) is 0 Å². The van der Waals surface area contributed by atoms with Crippen LogP contribution in [0.4, 0.5) is 10.5 Å². The largest absolute Gasteiger partial charge is 0.330 e. The molecule has 0 atom stereocenters. The van der Waals surface area contributed by atoms with E-state index >= 15 is 0 Å². The Balaban J connectivity index is 1.76. The van der Waals surface area contributed by atoms with Crippen LogP contribution in [0.25, 0.3) is 0 Å². The fourth-order valence-electron chi connectivity index (χ4n) is 3.63. The molecule has 0 saturated heterocycles. The number of hydrogen-bond donors (Lipinski definition) is 0. The number of rotatable bonds is 4. The van der Waals surface area contributed by atoms with Gasteiger partial charge in [-0.2, -0.15) is 0 Å². The van der Waals surface area contributed by atoms with Crippen molar-refractivity contribution in [2.45, 2.75) is 44.6 Å². The summed E-state index contributed by atoms with van der Waals surface area (Å²) in [6.45, 7) is 0.589. The van der Waals surface area contributed by atoms with Gasteiger partial charge in [-0.05, 0) is 42.0 Å². The van der Waals surface area contributed by atoms with Crippen LogP contribution in [-0.2, 0) is 6.54 Å². The first-order chi connectivity index (χ1) is 12.1. The third kappa shape index (κ3) is 4.41. The Labute approximate surface area is 151 Å². The van der Waals surface area contributed by atoms with Crippen LogP contribution in [0, 0.1) is 0 Å². The standard InChI is InChI=1S/C22H28N2O/c1-23(2)22(25)24(21-11-7-4-8-12-21)17-18-13-15-20(16-14-18)19-9-5-3-6-10-19/h4,7-8,11-16,19H,3,5-6,9-10,17H2,1-2H3. The molecule has 2 amide bonds. The number of carbonyl (C=O) groups is 1. The van der Waals surface area contributed by atoms with Crippen molar-refractivity contribution in [3.63, 3.8) is 0 Å². The van der Waals surface area contributed by atoms with Gasteiger partial charge in [0, 0.05) is 19.8 Å². The van der Waals surface area contributed by atoms with Gasteiger partial charge in [0.25, 0.3) is 0 Å². The number of anilines is 1. The first kappa shape index (κ1) is 17.5. The number of para-hydroxylation sites is 1. The summed E-state index contributed by atoms with van der Waals surface area (Å²) in [4.78, 5) is 16.1. The molecule has 0 spiro atoms. The minimum absolute atomic E-state index is 0.00237. The van der Waals surface area contributed by atoms with Crippen molar-refractivity contribution in [2.24, 2.45) is 0 Å². The Kier molecular flexibility index (Phi) is 5.75. The van der Waals surface area contributed by atoms with E-state index in [-0.39, 0.29) is 6.03 Å². The van der Waals surface area contributed by atoms with E-state index in [0.717, 1.165) is 11.6 Å². The molecule has 3 heteroatoms. The molecule has 2 aromatic rings. The van der Waals surface area contributed by atoms with Crippen molar-refractivity contribution in [1.29, 1.82) is 0 Å². The maximum atomic E-state index is 12.6. The Bertz CT molecular complexity index is 673. The number of amides is 2. The smallest absolute Gasteiger partial charge is 0.324 e. The van der Waals surface area contributed by atoms with Crippen LogP contribution in [0.5, 0.6) is 0 Å². The molecular weight excluding hydrogens is 308 g/mol. The fourth-order valence-corrected chi connectivity index (χ4v) is 3.63. The summed E-state index contributed by atoms with van der Waals surface area (Å²) in [5, 5.41) is 0. The summed E-state index contributed by atoms with van der Waals surface area (Å²) in [5.41, 5.74) is 3.55. The number of carbonyl (C=O) groups excluding carboxylic acids is 1.